The molecule has 0 bridgehead atoms. The summed E-state index contributed by atoms with van der Waals surface area (Å²) in [5.74, 6) is -0.270. The minimum atomic E-state index is -0.426. The van der Waals surface area contributed by atoms with Crippen molar-refractivity contribution in [3.8, 4) is 11.3 Å². The summed E-state index contributed by atoms with van der Waals surface area (Å²) in [5, 5.41) is 1.07. The van der Waals surface area contributed by atoms with Crippen LogP contribution in [0.3, 0.4) is 0 Å². The highest BCUT2D eigenvalue weighted by Crippen LogP contribution is 2.44. The van der Waals surface area contributed by atoms with Gasteiger partial charge in [-0.2, -0.15) is 0 Å². The molecule has 4 heteroatoms. The molecule has 3 aromatic carbocycles. The zero-order chi connectivity index (χ0) is 19.3. The van der Waals surface area contributed by atoms with Crippen LogP contribution in [0, 0.1) is 0 Å². The monoisotopic (exact) mass is 368 g/mol. The second-order valence-electron chi connectivity index (χ2n) is 7.28. The topological polar surface area (TPSA) is 45.3 Å². The third-order valence-electron chi connectivity index (χ3n) is 5.35. The van der Waals surface area contributed by atoms with E-state index in [0.717, 1.165) is 39.0 Å². The van der Waals surface area contributed by atoms with Crippen molar-refractivity contribution in [2.24, 2.45) is 0 Å². The van der Waals surface area contributed by atoms with Crippen LogP contribution in [0.5, 0.6) is 0 Å². The maximum absolute atomic E-state index is 12.7. The maximum atomic E-state index is 12.7. The van der Waals surface area contributed by atoms with Crippen molar-refractivity contribution in [2.75, 3.05) is 19.0 Å². The van der Waals surface area contributed by atoms with Crippen LogP contribution in [0.15, 0.2) is 72.8 Å². The fourth-order valence-corrected chi connectivity index (χ4v) is 3.94. The summed E-state index contributed by atoms with van der Waals surface area (Å²) < 4.78 is 5.90. The molecular formula is C24H20N2O2. The molecule has 0 fully saturated rings. The van der Waals surface area contributed by atoms with E-state index in [-0.39, 0.29) is 5.97 Å². The number of benzene rings is 3. The quantitative estimate of drug-likeness (QED) is 0.508. The fourth-order valence-electron chi connectivity index (χ4n) is 3.94. The Bertz CT molecular complexity index is 1190. The average Bonchev–Trinajstić information content (AvgIpc) is 3.26. The van der Waals surface area contributed by atoms with Gasteiger partial charge in [-0.3, -0.25) is 0 Å². The second-order valence-corrected chi connectivity index (χ2v) is 7.28. The van der Waals surface area contributed by atoms with Crippen LogP contribution in [0.2, 0.25) is 0 Å². The number of hydrogen-bond acceptors (Lipinski definition) is 3. The van der Waals surface area contributed by atoms with E-state index in [2.05, 4.69) is 29.2 Å². The lowest BCUT2D eigenvalue weighted by atomic mass is 9.94. The first-order valence-corrected chi connectivity index (χ1v) is 9.32. The van der Waals surface area contributed by atoms with Crippen LogP contribution < -0.4 is 4.90 Å². The highest BCUT2D eigenvalue weighted by molar-refractivity contribution is 5.98. The summed E-state index contributed by atoms with van der Waals surface area (Å²) in [5.41, 5.74) is 6.64. The predicted molar refractivity (Wildman–Crippen MR) is 112 cm³/mol. The van der Waals surface area contributed by atoms with Gasteiger partial charge < -0.3 is 14.6 Å². The zero-order valence-corrected chi connectivity index (χ0v) is 15.8. The van der Waals surface area contributed by atoms with Gasteiger partial charge in [0, 0.05) is 41.8 Å². The number of cyclic esters (lactones) is 1. The Hall–Kier alpha value is -3.53. The third kappa shape index (κ3) is 2.49. The van der Waals surface area contributed by atoms with Gasteiger partial charge in [-0.05, 0) is 23.8 Å². The lowest BCUT2D eigenvalue weighted by Crippen LogP contribution is -2.09. The number of aromatic amines is 1. The summed E-state index contributed by atoms with van der Waals surface area (Å²) in [6.07, 6.45) is -0.426. The molecule has 5 rings (SSSR count). The van der Waals surface area contributed by atoms with Gasteiger partial charge in [0.05, 0.1) is 11.3 Å². The van der Waals surface area contributed by atoms with E-state index in [4.69, 9.17) is 4.74 Å². The molecule has 0 aliphatic carbocycles. The molecule has 1 atom stereocenters. The Morgan fingerprint density at radius 3 is 2.46 bits per heavy atom. The average molecular weight is 368 g/mol. The van der Waals surface area contributed by atoms with E-state index >= 15 is 0 Å². The number of carbonyl (C=O) groups is 1. The largest absolute Gasteiger partial charge is 0.449 e. The van der Waals surface area contributed by atoms with Gasteiger partial charge in [0.15, 0.2) is 6.10 Å². The van der Waals surface area contributed by atoms with E-state index in [1.807, 2.05) is 67.5 Å². The Balaban J connectivity index is 1.74. The zero-order valence-electron chi connectivity index (χ0n) is 15.8. The number of ether oxygens (including phenoxy) is 1. The smallest absolute Gasteiger partial charge is 0.339 e. The van der Waals surface area contributed by atoms with E-state index in [1.54, 1.807) is 0 Å². The number of carbonyl (C=O) groups excluding carboxylic acids is 1. The Morgan fingerprint density at radius 1 is 0.929 bits per heavy atom. The number of aromatic nitrogens is 1. The summed E-state index contributed by atoms with van der Waals surface area (Å²) in [7, 11) is 3.93. The van der Waals surface area contributed by atoms with Crippen molar-refractivity contribution >= 4 is 22.6 Å². The van der Waals surface area contributed by atoms with Crippen molar-refractivity contribution in [1.82, 2.24) is 4.98 Å². The third-order valence-corrected chi connectivity index (χ3v) is 5.35. The SMILES string of the molecule is CN(C)c1ccc2c(c1)C(=O)OC2c1c(-c2ccccc2)[nH]c2ccccc12. The molecule has 1 unspecified atom stereocenters. The molecule has 2 heterocycles. The standard InChI is InChI=1S/C24H20N2O2/c1-26(2)16-12-13-17-19(14-16)24(27)28-23(17)21-18-10-6-7-11-20(18)25-22(21)15-8-4-3-5-9-15/h3-14,23,25H,1-2H3. The van der Waals surface area contributed by atoms with Crippen molar-refractivity contribution in [3.63, 3.8) is 0 Å². The number of anilines is 1. The molecule has 0 amide bonds. The number of hydrogen-bond donors (Lipinski definition) is 1. The first kappa shape index (κ1) is 16.6. The van der Waals surface area contributed by atoms with Crippen LogP contribution >= 0.6 is 0 Å². The number of esters is 1. The number of rotatable bonds is 3. The lowest BCUT2D eigenvalue weighted by Gasteiger charge is -2.15. The summed E-state index contributed by atoms with van der Waals surface area (Å²) in [4.78, 5) is 18.2. The number of para-hydroxylation sites is 1. The van der Waals surface area contributed by atoms with Gasteiger partial charge in [0.1, 0.15) is 0 Å². The Kier molecular flexibility index (Phi) is 3.72. The van der Waals surface area contributed by atoms with Gasteiger partial charge in [0.25, 0.3) is 0 Å². The minimum Gasteiger partial charge on any atom is -0.449 e. The highest BCUT2D eigenvalue weighted by atomic mass is 16.5. The maximum Gasteiger partial charge on any atom is 0.339 e. The van der Waals surface area contributed by atoms with Gasteiger partial charge in [-0.1, -0.05) is 54.6 Å². The van der Waals surface area contributed by atoms with E-state index in [0.29, 0.717) is 5.56 Å². The van der Waals surface area contributed by atoms with Crippen LogP contribution in [0.1, 0.15) is 27.6 Å². The van der Waals surface area contributed by atoms with Gasteiger partial charge >= 0.3 is 5.97 Å². The highest BCUT2D eigenvalue weighted by Gasteiger charge is 2.36. The normalized spacial score (nSPS) is 15.5. The number of H-pyrrole nitrogens is 1. The van der Waals surface area contributed by atoms with Crippen LogP contribution in [0.25, 0.3) is 22.2 Å². The minimum absolute atomic E-state index is 0.270. The molecule has 1 aliphatic heterocycles. The van der Waals surface area contributed by atoms with Crippen molar-refractivity contribution in [3.05, 3.63) is 89.5 Å². The first-order chi connectivity index (χ1) is 13.6. The summed E-state index contributed by atoms with van der Waals surface area (Å²) >= 11 is 0. The molecule has 1 aliphatic rings. The molecule has 0 saturated heterocycles. The molecule has 4 nitrogen and oxygen atoms in total. The van der Waals surface area contributed by atoms with Gasteiger partial charge in [-0.25, -0.2) is 4.79 Å². The molecular weight excluding hydrogens is 348 g/mol. The number of fused-ring (bicyclic) bond motifs is 2. The number of nitrogens with zero attached hydrogens (tertiary/aromatic N) is 1. The Labute approximate surface area is 163 Å². The van der Waals surface area contributed by atoms with Crippen molar-refractivity contribution < 1.29 is 9.53 Å². The molecule has 1 N–H and O–H groups in total. The fraction of sp³-hybridized carbons (Fsp3) is 0.125. The number of nitrogens with one attached hydrogen (secondary N) is 1. The molecule has 0 saturated carbocycles. The summed E-state index contributed by atoms with van der Waals surface area (Å²) in [6, 6.07) is 24.3. The van der Waals surface area contributed by atoms with Crippen LogP contribution in [0.4, 0.5) is 5.69 Å². The Morgan fingerprint density at radius 2 is 1.68 bits per heavy atom. The van der Waals surface area contributed by atoms with Crippen molar-refractivity contribution in [1.29, 1.82) is 0 Å². The van der Waals surface area contributed by atoms with E-state index < -0.39 is 6.10 Å². The lowest BCUT2D eigenvalue weighted by molar-refractivity contribution is 0.0459. The summed E-state index contributed by atoms with van der Waals surface area (Å²) in [6.45, 7) is 0. The van der Waals surface area contributed by atoms with Gasteiger partial charge in [0.2, 0.25) is 0 Å². The van der Waals surface area contributed by atoms with Gasteiger partial charge in [-0.15, -0.1) is 0 Å². The molecule has 138 valence electrons. The molecule has 28 heavy (non-hydrogen) atoms. The molecule has 1 aromatic heterocycles. The van der Waals surface area contributed by atoms with Crippen LogP contribution in [-0.2, 0) is 4.74 Å². The van der Waals surface area contributed by atoms with E-state index in [9.17, 15) is 4.79 Å². The molecule has 0 spiro atoms. The first-order valence-electron chi connectivity index (χ1n) is 9.32. The van der Waals surface area contributed by atoms with Crippen molar-refractivity contribution in [2.45, 2.75) is 6.10 Å². The van der Waals surface area contributed by atoms with Crippen LogP contribution in [-0.4, -0.2) is 25.0 Å². The van der Waals surface area contributed by atoms with E-state index in [1.165, 1.54) is 0 Å². The molecule has 0 radical (unpaired) electrons. The second kappa shape index (κ2) is 6.27. The molecule has 4 aromatic rings. The predicted octanol–water partition coefficient (Wildman–Crippen LogP) is 5.16.